The van der Waals surface area contributed by atoms with E-state index < -0.39 is 0 Å². The third-order valence-electron chi connectivity index (χ3n) is 5.00. The molecule has 0 atom stereocenters. The summed E-state index contributed by atoms with van der Waals surface area (Å²) in [5, 5.41) is 0. The number of nitrogens with two attached hydrogens (primary N) is 1. The summed E-state index contributed by atoms with van der Waals surface area (Å²) in [6.45, 7) is 1.55. The van der Waals surface area contributed by atoms with Gasteiger partial charge in [0.15, 0.2) is 0 Å². The summed E-state index contributed by atoms with van der Waals surface area (Å²) in [5.74, 6) is 1.26. The van der Waals surface area contributed by atoms with Crippen molar-refractivity contribution in [2.75, 3.05) is 6.54 Å². The van der Waals surface area contributed by atoms with Gasteiger partial charge in [-0.3, -0.25) is 4.79 Å². The maximum absolute atomic E-state index is 12.9. The van der Waals surface area contributed by atoms with Gasteiger partial charge in [0, 0.05) is 18.5 Å². The van der Waals surface area contributed by atoms with Crippen LogP contribution in [0.5, 0.6) is 0 Å². The van der Waals surface area contributed by atoms with E-state index >= 15 is 0 Å². The molecule has 3 rings (SSSR count). The minimum absolute atomic E-state index is 0.233. The lowest BCUT2D eigenvalue weighted by atomic mass is 9.81. The first-order chi connectivity index (χ1) is 10.3. The van der Waals surface area contributed by atoms with Gasteiger partial charge in [0.1, 0.15) is 0 Å². The van der Waals surface area contributed by atoms with Gasteiger partial charge in [-0.2, -0.15) is 0 Å². The summed E-state index contributed by atoms with van der Waals surface area (Å²) in [6, 6.07) is 10.9. The van der Waals surface area contributed by atoms with E-state index in [1.54, 1.807) is 0 Å². The van der Waals surface area contributed by atoms with Crippen LogP contribution in [0.4, 0.5) is 0 Å². The lowest BCUT2D eigenvalue weighted by molar-refractivity contribution is -0.138. The first kappa shape index (κ1) is 14.6. The number of hydrogen-bond acceptors (Lipinski definition) is 2. The van der Waals surface area contributed by atoms with Crippen LogP contribution in [0.2, 0.25) is 0 Å². The lowest BCUT2D eigenvalue weighted by Gasteiger charge is -2.32. The Morgan fingerprint density at radius 1 is 1.05 bits per heavy atom. The summed E-state index contributed by atoms with van der Waals surface area (Å²) in [4.78, 5) is 15.0. The van der Waals surface area contributed by atoms with Crippen molar-refractivity contribution in [2.45, 2.75) is 51.1 Å². The fraction of sp³-hybridized carbons (Fsp3) is 0.611. The molecule has 0 aromatic heterocycles. The highest BCUT2D eigenvalue weighted by Gasteiger charge is 2.36. The quantitative estimate of drug-likeness (QED) is 0.904. The van der Waals surface area contributed by atoms with Crippen LogP contribution in [0.1, 0.15) is 44.1 Å². The van der Waals surface area contributed by atoms with Crippen molar-refractivity contribution in [1.29, 1.82) is 0 Å². The molecule has 114 valence electrons. The van der Waals surface area contributed by atoms with Crippen LogP contribution in [0.15, 0.2) is 30.3 Å². The maximum Gasteiger partial charge on any atom is 0.226 e. The van der Waals surface area contributed by atoms with Gasteiger partial charge in [0.2, 0.25) is 5.91 Å². The molecule has 0 saturated heterocycles. The average Bonchev–Trinajstić information content (AvgIpc) is 3.38. The van der Waals surface area contributed by atoms with Gasteiger partial charge in [-0.15, -0.1) is 0 Å². The van der Waals surface area contributed by atoms with Crippen molar-refractivity contribution in [3.05, 3.63) is 35.9 Å². The second kappa shape index (κ2) is 6.61. The molecule has 1 aromatic carbocycles. The molecule has 0 unspecified atom stereocenters. The summed E-state index contributed by atoms with van der Waals surface area (Å²) >= 11 is 0. The first-order valence-corrected chi connectivity index (χ1v) is 8.32. The van der Waals surface area contributed by atoms with E-state index in [2.05, 4.69) is 29.2 Å². The molecule has 2 N–H and O–H groups in total. The van der Waals surface area contributed by atoms with Crippen molar-refractivity contribution in [3.8, 4) is 0 Å². The molecule has 2 saturated carbocycles. The van der Waals surface area contributed by atoms with Crippen LogP contribution >= 0.6 is 0 Å². The Morgan fingerprint density at radius 2 is 1.71 bits per heavy atom. The molecule has 2 fully saturated rings. The van der Waals surface area contributed by atoms with E-state index in [0.717, 1.165) is 38.8 Å². The largest absolute Gasteiger partial charge is 0.335 e. The number of carbonyl (C=O) groups is 1. The molecule has 0 heterocycles. The van der Waals surface area contributed by atoms with E-state index in [-0.39, 0.29) is 5.92 Å². The van der Waals surface area contributed by atoms with Crippen LogP contribution in [-0.2, 0) is 11.3 Å². The van der Waals surface area contributed by atoms with Crippen LogP contribution in [0, 0.1) is 11.8 Å². The number of benzene rings is 1. The van der Waals surface area contributed by atoms with Gasteiger partial charge in [0.05, 0.1) is 0 Å². The Kier molecular flexibility index (Phi) is 4.59. The van der Waals surface area contributed by atoms with E-state index in [1.807, 2.05) is 6.07 Å². The molecule has 0 aliphatic heterocycles. The van der Waals surface area contributed by atoms with Gasteiger partial charge in [-0.05, 0) is 56.6 Å². The van der Waals surface area contributed by atoms with E-state index in [1.165, 1.54) is 18.4 Å². The van der Waals surface area contributed by atoms with Crippen molar-refractivity contribution in [1.82, 2.24) is 4.90 Å². The fourth-order valence-corrected chi connectivity index (χ4v) is 3.43. The number of carbonyl (C=O) groups excluding carboxylic acids is 1. The molecule has 1 amide bonds. The third-order valence-corrected chi connectivity index (χ3v) is 5.00. The zero-order valence-corrected chi connectivity index (χ0v) is 12.7. The second-order valence-electron chi connectivity index (χ2n) is 6.64. The number of amides is 1. The molecule has 2 aliphatic rings. The predicted molar refractivity (Wildman–Crippen MR) is 84.5 cm³/mol. The molecule has 3 nitrogen and oxygen atoms in total. The predicted octanol–water partition coefficient (Wildman–Crippen LogP) is 2.94. The minimum Gasteiger partial charge on any atom is -0.335 e. The highest BCUT2D eigenvalue weighted by Crippen LogP contribution is 2.34. The van der Waals surface area contributed by atoms with E-state index in [4.69, 9.17) is 5.73 Å². The molecule has 0 spiro atoms. The zero-order valence-electron chi connectivity index (χ0n) is 12.7. The smallest absolute Gasteiger partial charge is 0.226 e. The third kappa shape index (κ3) is 3.65. The van der Waals surface area contributed by atoms with Crippen LogP contribution < -0.4 is 5.73 Å². The van der Waals surface area contributed by atoms with Crippen molar-refractivity contribution in [2.24, 2.45) is 17.6 Å². The number of nitrogens with zero attached hydrogens (tertiary/aromatic N) is 1. The zero-order chi connectivity index (χ0) is 14.7. The Labute approximate surface area is 127 Å². The molecule has 0 bridgehead atoms. The average molecular weight is 286 g/mol. The highest BCUT2D eigenvalue weighted by atomic mass is 16.2. The van der Waals surface area contributed by atoms with Crippen molar-refractivity contribution in [3.63, 3.8) is 0 Å². The molecule has 0 radical (unpaired) electrons. The lowest BCUT2D eigenvalue weighted by Crippen LogP contribution is -2.39. The Morgan fingerprint density at radius 3 is 2.29 bits per heavy atom. The van der Waals surface area contributed by atoms with Gasteiger partial charge in [-0.1, -0.05) is 30.3 Å². The Balaban J connectivity index is 1.63. The molecular weight excluding hydrogens is 260 g/mol. The van der Waals surface area contributed by atoms with Gasteiger partial charge in [-0.25, -0.2) is 0 Å². The first-order valence-electron chi connectivity index (χ1n) is 8.32. The topological polar surface area (TPSA) is 46.3 Å². The number of rotatable bonds is 5. The fourth-order valence-electron chi connectivity index (χ4n) is 3.43. The van der Waals surface area contributed by atoms with Gasteiger partial charge < -0.3 is 10.6 Å². The SMILES string of the molecule is NCC1CCC(C(=O)N(Cc2ccccc2)C2CC2)CC1. The maximum atomic E-state index is 12.9. The Hall–Kier alpha value is -1.35. The van der Waals surface area contributed by atoms with Crippen LogP contribution in [-0.4, -0.2) is 23.4 Å². The monoisotopic (exact) mass is 286 g/mol. The normalized spacial score (nSPS) is 25.6. The molecule has 3 heteroatoms. The van der Waals surface area contributed by atoms with Gasteiger partial charge in [0.25, 0.3) is 0 Å². The molecular formula is C18H26N2O. The molecule has 1 aromatic rings. The van der Waals surface area contributed by atoms with Crippen molar-refractivity contribution < 1.29 is 4.79 Å². The second-order valence-corrected chi connectivity index (χ2v) is 6.64. The minimum atomic E-state index is 0.233. The van der Waals surface area contributed by atoms with Crippen LogP contribution in [0.25, 0.3) is 0 Å². The van der Waals surface area contributed by atoms with Gasteiger partial charge >= 0.3 is 0 Å². The van der Waals surface area contributed by atoms with E-state index in [9.17, 15) is 4.79 Å². The number of hydrogen-bond donors (Lipinski definition) is 1. The van der Waals surface area contributed by atoms with E-state index in [0.29, 0.717) is 17.9 Å². The summed E-state index contributed by atoms with van der Waals surface area (Å²) in [6.07, 6.45) is 6.65. The molecule has 2 aliphatic carbocycles. The Bertz CT molecular complexity index is 461. The standard InChI is InChI=1S/C18H26N2O/c19-12-14-6-8-16(9-7-14)18(21)20(17-10-11-17)13-15-4-2-1-3-5-15/h1-5,14,16-17H,6-13,19H2. The molecule has 21 heavy (non-hydrogen) atoms. The summed E-state index contributed by atoms with van der Waals surface area (Å²) < 4.78 is 0. The van der Waals surface area contributed by atoms with Crippen LogP contribution in [0.3, 0.4) is 0 Å². The summed E-state index contributed by atoms with van der Waals surface area (Å²) in [7, 11) is 0. The summed E-state index contributed by atoms with van der Waals surface area (Å²) in [5.41, 5.74) is 6.99. The van der Waals surface area contributed by atoms with Crippen molar-refractivity contribution >= 4 is 5.91 Å². The highest BCUT2D eigenvalue weighted by molar-refractivity contribution is 5.79.